The molecule has 5 atom stereocenters. The lowest BCUT2D eigenvalue weighted by atomic mass is 9.84. The van der Waals surface area contributed by atoms with Gasteiger partial charge in [-0.3, -0.25) is 98.9 Å². The van der Waals surface area contributed by atoms with Crippen molar-refractivity contribution in [1.82, 2.24) is 93.4 Å². The standard InChI is InChI=1S/C28H28N4O4S.C23H26N4O3S.C21H18N4O2S.C20H22N4O3S.C19H22N4O2S/c1-2-17-36-21-10-6-7-19(18-21)24(32-14-11-22-23(27(32)37)25(33)30-29-22)26(34)31-15-12-28(35,13-16-31)20-8-4-3-5-9-20;1-2-14-30-17-9-7-8-16(15-17)20(22(29)26-11-5-3-4-6-12-26)27-13-10-18-19(23(27)31)21(28)25-24-18;1-24(15-10-6-3-7-11-15)20(27)18(14-8-4-2-5-9-14)25-13-12-16-17(21(25)28)19(26)23-22-16;1-20(27)8-11-23(12-9-20)18(26)16(13-5-3-2-4-6-13)24-10-7-14-15(19(24)28)17(25)22-21-14;1-4-22(12(2)3)18(25)16(13-8-6-5-7-9-13)23-11-10-14-15(19(23)26)17(24)21-20-14/h2-11,14,18,24,35H,1,12-13,15-17H2,(H2,29,30,33);2,7-10,13,15,20H,1,3-6,11-12,14H2,(H2,24,25,28);2-13,18H,1H3,(H2,22,23,26);2-7,10,16,27H,8-9,11-12H2,1H3,(H2,21,22,25);5-12,16H,4H2,1-3H3,(H2,20,21,24). The molecule has 0 aliphatic carbocycles. The van der Waals surface area contributed by atoms with Gasteiger partial charge in [-0.2, -0.15) is 0 Å². The molecule has 5 unspecified atom stereocenters. The molecule has 39 heteroatoms. The average molecular weight is 2110 g/mol. The smallest absolute Gasteiger partial charge is 0.274 e. The first-order valence-corrected chi connectivity index (χ1v) is 51.3. The monoisotopic (exact) mass is 2110 g/mol. The molecular formula is C111H116N20O14S5. The molecule has 13 heterocycles. The van der Waals surface area contributed by atoms with Crippen molar-refractivity contribution in [2.75, 3.05) is 71.0 Å². The molecule has 7 aromatic carbocycles. The van der Waals surface area contributed by atoms with Crippen molar-refractivity contribution in [3.8, 4) is 11.5 Å². The molecule has 3 fully saturated rings. The minimum absolute atomic E-state index is 0.0230. The molecule has 150 heavy (non-hydrogen) atoms. The Hall–Kier alpha value is -15.9. The summed E-state index contributed by atoms with van der Waals surface area (Å²) >= 11 is 28.1. The number of amides is 5. The minimum Gasteiger partial charge on any atom is -0.490 e. The van der Waals surface area contributed by atoms with Gasteiger partial charge in [-0.15, -0.1) is 0 Å². The van der Waals surface area contributed by atoms with Crippen LogP contribution in [-0.2, 0) is 29.6 Å². The minimum atomic E-state index is -0.986. The van der Waals surface area contributed by atoms with Gasteiger partial charge in [0.05, 0.1) is 38.8 Å². The summed E-state index contributed by atoms with van der Waals surface area (Å²) in [6.45, 7) is 19.6. The zero-order valence-electron chi connectivity index (χ0n) is 83.2. The Morgan fingerprint density at radius 3 is 0.987 bits per heavy atom. The molecule has 0 saturated carbocycles. The van der Waals surface area contributed by atoms with Crippen molar-refractivity contribution in [2.24, 2.45) is 0 Å². The molecule has 12 N–H and O–H groups in total. The number of piperidine rings is 2. The number of pyridine rings is 5. The number of carbonyl (C=O) groups is 5. The molecule has 0 bridgehead atoms. The van der Waals surface area contributed by atoms with Crippen molar-refractivity contribution in [3.63, 3.8) is 0 Å². The summed E-state index contributed by atoms with van der Waals surface area (Å²) in [5, 5.41) is 50.1. The van der Waals surface area contributed by atoms with Crippen LogP contribution in [-0.4, -0.2) is 211 Å². The lowest BCUT2D eigenvalue weighted by molar-refractivity contribution is -0.138. The summed E-state index contributed by atoms with van der Waals surface area (Å²) in [7, 11) is 1.73. The van der Waals surface area contributed by atoms with Gasteiger partial charge < -0.3 is 67.0 Å². The number of H-pyrrole nitrogens is 10. The summed E-state index contributed by atoms with van der Waals surface area (Å²) in [6, 6.07) is 67.4. The fourth-order valence-electron chi connectivity index (χ4n) is 19.2. The third-order valence-electron chi connectivity index (χ3n) is 27.3. The number of ether oxygens (including phenoxy) is 2. The number of anilines is 1. The molecule has 10 aromatic heterocycles. The SMILES string of the molecule is C=CCOc1cccc(C(C(=O)N2CCC(O)(c3ccccc3)CC2)n2ccc3[nH][nH]c(=O)c3c2=S)c1.C=CCOc1cccc(C(C(=O)N2CCCCCC2)n2ccc3[nH][nH]c(=O)c3c2=S)c1.CC1(O)CCN(C(=O)C(c2ccccc2)n2ccc3[nH][nH]c(=O)c3c2=S)CC1.CCN(C(=O)C(c1ccccc1)n1ccc2[nH][nH]c(=O)c2c1=S)C(C)C.CN(C(=O)C(c1ccccc1)n1ccc2[nH][nH]c(=O)c2c1=S)c1ccccc1. The molecule has 20 rings (SSSR count). The van der Waals surface area contributed by atoms with Crippen molar-refractivity contribution < 1.29 is 43.7 Å². The van der Waals surface area contributed by atoms with Crippen LogP contribution in [0, 0.1) is 23.2 Å². The number of hydrogen-bond acceptors (Lipinski definition) is 19. The van der Waals surface area contributed by atoms with E-state index in [1.54, 1.807) is 125 Å². The van der Waals surface area contributed by atoms with E-state index in [2.05, 4.69) is 64.1 Å². The molecule has 0 radical (unpaired) electrons. The van der Waals surface area contributed by atoms with E-state index in [4.69, 9.17) is 70.6 Å². The first-order chi connectivity index (χ1) is 72.4. The van der Waals surface area contributed by atoms with E-state index in [9.17, 15) is 58.2 Å². The molecule has 17 aromatic rings. The zero-order chi connectivity index (χ0) is 106. The number of fused-ring (bicyclic) bond motifs is 5. The van der Waals surface area contributed by atoms with Crippen LogP contribution in [0.1, 0.15) is 143 Å². The van der Waals surface area contributed by atoms with Crippen LogP contribution >= 0.6 is 61.1 Å². The van der Waals surface area contributed by atoms with Gasteiger partial charge >= 0.3 is 0 Å². The van der Waals surface area contributed by atoms with Crippen molar-refractivity contribution >= 4 is 151 Å². The van der Waals surface area contributed by atoms with Crippen molar-refractivity contribution in [2.45, 2.75) is 127 Å². The highest BCUT2D eigenvalue weighted by Crippen LogP contribution is 2.38. The molecule has 5 amide bonds. The van der Waals surface area contributed by atoms with Gasteiger partial charge in [0.15, 0.2) is 0 Å². The number of nitrogens with zero attached hydrogens (tertiary/aromatic N) is 10. The van der Waals surface area contributed by atoms with Crippen LogP contribution in [0.25, 0.3) is 54.5 Å². The first kappa shape index (κ1) is 107. The van der Waals surface area contributed by atoms with Gasteiger partial charge in [0, 0.05) is 95.6 Å². The third-order valence-corrected chi connectivity index (χ3v) is 29.4. The summed E-state index contributed by atoms with van der Waals surface area (Å²) in [6.07, 6.45) is 18.2. The summed E-state index contributed by atoms with van der Waals surface area (Å²) in [5.74, 6) is 0.765. The molecule has 3 aliphatic rings. The molecule has 34 nitrogen and oxygen atoms in total. The number of aromatic amines is 10. The van der Waals surface area contributed by atoms with E-state index in [0.717, 1.165) is 72.3 Å². The van der Waals surface area contributed by atoms with Gasteiger partial charge in [0.25, 0.3) is 39.6 Å². The maximum atomic E-state index is 14.1. The van der Waals surface area contributed by atoms with Gasteiger partial charge in [0.2, 0.25) is 17.7 Å². The summed E-state index contributed by atoms with van der Waals surface area (Å²) in [5.41, 5.74) is 5.29. The Kier molecular flexibility index (Phi) is 34.1. The number of aliphatic hydroxyl groups is 2. The number of carbonyl (C=O) groups excluding carboxylic acids is 5. The number of likely N-dealkylation sites (tertiary alicyclic amines) is 3. The highest BCUT2D eigenvalue weighted by atomic mass is 32.1. The van der Waals surface area contributed by atoms with Crippen LogP contribution < -0.4 is 42.2 Å². The summed E-state index contributed by atoms with van der Waals surface area (Å²) < 4.78 is 21.4. The van der Waals surface area contributed by atoms with E-state index in [1.807, 2.05) is 231 Å². The Morgan fingerprint density at radius 1 is 0.373 bits per heavy atom. The normalized spacial score (nSPS) is 14.8. The predicted molar refractivity (Wildman–Crippen MR) is 593 cm³/mol. The molecule has 0 spiro atoms. The zero-order valence-corrected chi connectivity index (χ0v) is 87.3. The van der Waals surface area contributed by atoms with E-state index in [0.29, 0.717) is 162 Å². The van der Waals surface area contributed by atoms with E-state index >= 15 is 0 Å². The highest BCUT2D eigenvalue weighted by Gasteiger charge is 2.41. The topological polar surface area (TPSA) is 428 Å². The Labute approximate surface area is 885 Å². The Morgan fingerprint density at radius 2 is 0.660 bits per heavy atom. The maximum Gasteiger partial charge on any atom is 0.274 e. The number of benzene rings is 7. The van der Waals surface area contributed by atoms with E-state index < -0.39 is 41.4 Å². The van der Waals surface area contributed by atoms with Crippen molar-refractivity contribution in [1.29, 1.82) is 0 Å². The first-order valence-electron chi connectivity index (χ1n) is 49.3. The van der Waals surface area contributed by atoms with Crippen LogP contribution in [0.3, 0.4) is 0 Å². The van der Waals surface area contributed by atoms with E-state index in [-0.39, 0.29) is 68.0 Å². The predicted octanol–water partition coefficient (Wildman–Crippen LogP) is 17.2. The number of para-hydroxylation sites is 1. The fourth-order valence-corrected chi connectivity index (χ4v) is 21.1. The molecular weight excluding hydrogens is 2000 g/mol. The van der Waals surface area contributed by atoms with Gasteiger partial charge in [-0.05, 0) is 166 Å². The number of likely N-dealkylation sites (N-methyl/N-ethyl adjacent to an activating group) is 2. The molecule has 3 saturated heterocycles. The molecule has 774 valence electrons. The van der Waals surface area contributed by atoms with Crippen molar-refractivity contribution in [3.05, 3.63) is 395 Å². The van der Waals surface area contributed by atoms with Gasteiger partial charge in [0.1, 0.15) is 105 Å². The Balaban J connectivity index is 0.000000134. The van der Waals surface area contributed by atoms with Crippen LogP contribution in [0.15, 0.2) is 311 Å². The maximum absolute atomic E-state index is 14.1. The second-order valence-electron chi connectivity index (χ2n) is 37.3. The fraction of sp³-hybridized carbons (Fsp3) is 0.270. The lowest BCUT2D eigenvalue weighted by Crippen LogP contribution is -2.47. The van der Waals surface area contributed by atoms with Gasteiger partial charge in [-0.25, -0.2) is 0 Å². The lowest BCUT2D eigenvalue weighted by Gasteiger charge is -2.40. The van der Waals surface area contributed by atoms with E-state index in [1.165, 1.54) is 0 Å². The van der Waals surface area contributed by atoms with Crippen LogP contribution in [0.4, 0.5) is 5.69 Å². The largest absolute Gasteiger partial charge is 0.490 e. The number of aromatic nitrogens is 15. The number of rotatable bonds is 25. The second kappa shape index (κ2) is 47.9. The second-order valence-corrected chi connectivity index (χ2v) is 39.2. The molecule has 3 aliphatic heterocycles. The van der Waals surface area contributed by atoms with Gasteiger partial charge in [-0.1, -0.05) is 263 Å². The number of hydrogen-bond donors (Lipinski definition) is 12. The third kappa shape index (κ3) is 23.5. The average Bonchev–Trinajstić information content (AvgIpc) is 1.52. The van der Waals surface area contributed by atoms with Crippen LogP contribution in [0.2, 0.25) is 0 Å². The highest BCUT2D eigenvalue weighted by molar-refractivity contribution is 7.72. The number of nitrogens with one attached hydrogen (secondary N) is 10. The Bertz CT molecular complexity index is 8400. The summed E-state index contributed by atoms with van der Waals surface area (Å²) in [4.78, 5) is 138. The van der Waals surface area contributed by atoms with Crippen LogP contribution in [0.5, 0.6) is 11.5 Å². The quantitative estimate of drug-likeness (QED) is 0.0187.